The lowest BCUT2D eigenvalue weighted by Gasteiger charge is -2.30. The van der Waals surface area contributed by atoms with Crippen LogP contribution in [0.1, 0.15) is 341 Å². The second-order valence-electron chi connectivity index (χ2n) is 24.9. The Hall–Kier alpha value is -1.54. The standard InChI is InChI=1S/C70H135N2O6P/c1-6-8-10-12-14-16-18-20-22-24-26-28-30-32-33-34-35-36-37-38-39-40-42-44-46-48-50-52-54-56-58-60-62-64-70(74)71-68(67-78-79(75,76)77-66-65-72(3,4)5)69(73)63-61-59-57-55-53-51-49-47-45-43-41-31-29-27-25-23-21-19-17-15-13-11-9-7-2/h8,10,14,16,20,22,26,28,68-69,73H,6-7,9,11-13,15,17-19,21,23-25,27,29-67H2,1-5H3,(H-,71,74,75,76)/b10-8-,16-14-,22-20-,28-26-. The Labute approximate surface area is 492 Å². The molecule has 3 atom stereocenters. The van der Waals surface area contributed by atoms with E-state index in [2.05, 4.69) is 67.8 Å². The van der Waals surface area contributed by atoms with Crippen molar-refractivity contribution in [2.24, 2.45) is 0 Å². The van der Waals surface area contributed by atoms with Gasteiger partial charge in [-0.25, -0.2) is 0 Å². The number of carbonyl (C=O) groups excluding carboxylic acids is 1. The number of phosphoric ester groups is 1. The highest BCUT2D eigenvalue weighted by Gasteiger charge is 2.24. The van der Waals surface area contributed by atoms with Gasteiger partial charge in [-0.2, -0.15) is 0 Å². The van der Waals surface area contributed by atoms with Gasteiger partial charge < -0.3 is 28.8 Å². The van der Waals surface area contributed by atoms with E-state index >= 15 is 0 Å². The summed E-state index contributed by atoms with van der Waals surface area (Å²) in [6.45, 7) is 4.66. The summed E-state index contributed by atoms with van der Waals surface area (Å²) in [6.07, 6.45) is 81.8. The van der Waals surface area contributed by atoms with Crippen LogP contribution in [0.5, 0.6) is 0 Å². The number of aliphatic hydroxyl groups excluding tert-OH is 1. The van der Waals surface area contributed by atoms with Crippen LogP contribution in [0.4, 0.5) is 0 Å². The molecule has 466 valence electrons. The van der Waals surface area contributed by atoms with Crippen molar-refractivity contribution in [3.63, 3.8) is 0 Å². The summed E-state index contributed by atoms with van der Waals surface area (Å²) >= 11 is 0. The molecule has 0 aliphatic heterocycles. The molecule has 0 aromatic carbocycles. The Bertz CT molecular complexity index is 1430. The number of carbonyl (C=O) groups is 1. The van der Waals surface area contributed by atoms with Gasteiger partial charge in [0.1, 0.15) is 13.2 Å². The summed E-state index contributed by atoms with van der Waals surface area (Å²) in [5.74, 6) is -0.158. The monoisotopic (exact) mass is 1130 g/mol. The molecule has 0 aromatic rings. The van der Waals surface area contributed by atoms with Crippen LogP contribution >= 0.6 is 7.82 Å². The van der Waals surface area contributed by atoms with E-state index < -0.39 is 20.0 Å². The molecule has 0 aliphatic carbocycles. The van der Waals surface area contributed by atoms with E-state index in [1.54, 1.807) is 0 Å². The molecule has 3 unspecified atom stereocenters. The maximum atomic E-state index is 13.1. The lowest BCUT2D eigenvalue weighted by Crippen LogP contribution is -2.46. The molecule has 79 heavy (non-hydrogen) atoms. The third kappa shape index (κ3) is 63.9. The fourth-order valence-electron chi connectivity index (χ4n) is 10.5. The molecule has 0 saturated carbocycles. The van der Waals surface area contributed by atoms with Crippen molar-refractivity contribution in [3.8, 4) is 0 Å². The molecule has 0 radical (unpaired) electrons. The molecule has 0 aliphatic rings. The highest BCUT2D eigenvalue weighted by atomic mass is 31.2. The Morgan fingerprint density at radius 3 is 1.13 bits per heavy atom. The number of quaternary nitrogens is 1. The van der Waals surface area contributed by atoms with Crippen LogP contribution < -0.4 is 10.2 Å². The molecule has 0 rings (SSSR count). The number of allylic oxidation sites excluding steroid dienone is 8. The van der Waals surface area contributed by atoms with Gasteiger partial charge in [0.2, 0.25) is 5.91 Å². The van der Waals surface area contributed by atoms with E-state index in [0.717, 1.165) is 64.2 Å². The average Bonchev–Trinajstić information content (AvgIpc) is 3.42. The Kier molecular flexibility index (Phi) is 59.8. The maximum absolute atomic E-state index is 13.1. The first-order valence-corrected chi connectivity index (χ1v) is 35.9. The Balaban J connectivity index is 4.00. The van der Waals surface area contributed by atoms with Gasteiger partial charge >= 0.3 is 0 Å². The van der Waals surface area contributed by atoms with E-state index in [0.29, 0.717) is 23.9 Å². The third-order valence-electron chi connectivity index (χ3n) is 15.8. The van der Waals surface area contributed by atoms with Crippen molar-refractivity contribution < 1.29 is 32.9 Å². The van der Waals surface area contributed by atoms with Gasteiger partial charge in [-0.1, -0.05) is 332 Å². The lowest BCUT2D eigenvalue weighted by atomic mass is 10.0. The second-order valence-corrected chi connectivity index (χ2v) is 26.3. The summed E-state index contributed by atoms with van der Waals surface area (Å²) in [6, 6.07) is -0.801. The van der Waals surface area contributed by atoms with Gasteiger partial charge in [-0.3, -0.25) is 9.36 Å². The summed E-state index contributed by atoms with van der Waals surface area (Å²) in [7, 11) is 1.32. The molecule has 2 N–H and O–H groups in total. The number of nitrogens with one attached hydrogen (secondary N) is 1. The topological polar surface area (TPSA) is 108 Å². The predicted molar refractivity (Wildman–Crippen MR) is 344 cm³/mol. The van der Waals surface area contributed by atoms with Gasteiger partial charge in [-0.15, -0.1) is 0 Å². The van der Waals surface area contributed by atoms with Gasteiger partial charge in [0.15, 0.2) is 0 Å². The molecule has 0 spiro atoms. The second kappa shape index (κ2) is 61.0. The zero-order valence-electron chi connectivity index (χ0n) is 53.3. The lowest BCUT2D eigenvalue weighted by molar-refractivity contribution is -0.870. The van der Waals surface area contributed by atoms with E-state index in [9.17, 15) is 19.4 Å². The predicted octanol–water partition coefficient (Wildman–Crippen LogP) is 21.2. The summed E-state index contributed by atoms with van der Waals surface area (Å²) in [5, 5.41) is 14.1. The smallest absolute Gasteiger partial charge is 0.268 e. The first kappa shape index (κ1) is 77.5. The Morgan fingerprint density at radius 1 is 0.456 bits per heavy atom. The first-order chi connectivity index (χ1) is 38.5. The summed E-state index contributed by atoms with van der Waals surface area (Å²) < 4.78 is 23.5. The minimum Gasteiger partial charge on any atom is -0.756 e. The van der Waals surface area contributed by atoms with Crippen molar-refractivity contribution in [2.45, 2.75) is 353 Å². The minimum atomic E-state index is -4.58. The number of rotatable bonds is 64. The molecule has 8 nitrogen and oxygen atoms in total. The number of nitrogens with zero attached hydrogens (tertiary/aromatic N) is 1. The normalized spacial score (nSPS) is 14.0. The molecule has 0 aromatic heterocycles. The number of phosphoric acid groups is 1. The molecule has 9 heteroatoms. The molecule has 0 saturated heterocycles. The van der Waals surface area contributed by atoms with Crippen LogP contribution in [0.3, 0.4) is 0 Å². The van der Waals surface area contributed by atoms with Crippen LogP contribution in [-0.4, -0.2) is 68.5 Å². The molecular weight excluding hydrogens is 996 g/mol. The van der Waals surface area contributed by atoms with Gasteiger partial charge in [0.05, 0.1) is 39.9 Å². The quantitative estimate of drug-likeness (QED) is 0.0272. The minimum absolute atomic E-state index is 0.0138. The number of likely N-dealkylation sites (N-methyl/N-ethyl adjacent to an activating group) is 1. The molecule has 0 bridgehead atoms. The highest BCUT2D eigenvalue weighted by Crippen LogP contribution is 2.38. The van der Waals surface area contributed by atoms with Crippen LogP contribution in [0, 0.1) is 0 Å². The Morgan fingerprint density at radius 2 is 0.772 bits per heavy atom. The van der Waals surface area contributed by atoms with Gasteiger partial charge in [0.25, 0.3) is 7.82 Å². The molecular formula is C70H135N2O6P. The fourth-order valence-corrected chi connectivity index (χ4v) is 11.2. The average molecular weight is 1130 g/mol. The number of amides is 1. The zero-order chi connectivity index (χ0) is 57.7. The van der Waals surface area contributed by atoms with Crippen LogP contribution in [0.15, 0.2) is 48.6 Å². The van der Waals surface area contributed by atoms with Crippen LogP contribution in [0.2, 0.25) is 0 Å². The van der Waals surface area contributed by atoms with E-state index in [1.807, 2.05) is 21.1 Å². The molecule has 0 fully saturated rings. The number of hydrogen-bond donors (Lipinski definition) is 2. The van der Waals surface area contributed by atoms with Crippen molar-refractivity contribution in [3.05, 3.63) is 48.6 Å². The number of hydrogen-bond acceptors (Lipinski definition) is 6. The summed E-state index contributed by atoms with van der Waals surface area (Å²) in [5.41, 5.74) is 0. The van der Waals surface area contributed by atoms with E-state index in [4.69, 9.17) is 9.05 Å². The zero-order valence-corrected chi connectivity index (χ0v) is 54.2. The third-order valence-corrected chi connectivity index (χ3v) is 16.8. The van der Waals surface area contributed by atoms with Crippen molar-refractivity contribution in [1.82, 2.24) is 5.32 Å². The van der Waals surface area contributed by atoms with Crippen LogP contribution in [-0.2, 0) is 18.4 Å². The molecule has 0 heterocycles. The number of aliphatic hydroxyl groups is 1. The van der Waals surface area contributed by atoms with E-state index in [-0.39, 0.29) is 19.1 Å². The summed E-state index contributed by atoms with van der Waals surface area (Å²) in [4.78, 5) is 25.7. The van der Waals surface area contributed by atoms with Gasteiger partial charge in [-0.05, 0) is 51.4 Å². The maximum Gasteiger partial charge on any atom is 0.268 e. The largest absolute Gasteiger partial charge is 0.756 e. The van der Waals surface area contributed by atoms with Crippen molar-refractivity contribution >= 4 is 13.7 Å². The first-order valence-electron chi connectivity index (χ1n) is 34.5. The van der Waals surface area contributed by atoms with Gasteiger partial charge in [0, 0.05) is 6.42 Å². The number of unbranched alkanes of at least 4 members (excludes halogenated alkanes) is 43. The van der Waals surface area contributed by atoms with Crippen molar-refractivity contribution in [2.75, 3.05) is 40.9 Å². The highest BCUT2D eigenvalue weighted by molar-refractivity contribution is 7.45. The van der Waals surface area contributed by atoms with Crippen molar-refractivity contribution in [1.29, 1.82) is 0 Å². The SMILES string of the molecule is CC/C=C\C/C=C\C/C=C\C/C=C\CCCCCCCCCCCCCCCCCCCCCCC(=O)NC(COP(=O)([O-])OCC[N+](C)(C)C)C(O)CCCCCCCCCCCCCCCCCCCCCCCCCC. The molecule has 1 amide bonds. The fraction of sp³-hybridized carbons (Fsp3) is 0.871. The van der Waals surface area contributed by atoms with E-state index in [1.165, 1.54) is 250 Å². The van der Waals surface area contributed by atoms with Crippen LogP contribution in [0.25, 0.3) is 0 Å².